The average molecular weight is 390 g/mol. The van der Waals surface area contributed by atoms with Gasteiger partial charge >= 0.3 is 6.09 Å². The van der Waals surface area contributed by atoms with E-state index in [1.165, 1.54) is 0 Å². The van der Waals surface area contributed by atoms with Crippen molar-refractivity contribution in [2.75, 3.05) is 25.5 Å². The molecule has 10 heteroatoms. The van der Waals surface area contributed by atoms with Gasteiger partial charge in [-0.15, -0.1) is 5.10 Å². The molecule has 2 aromatic rings. The van der Waals surface area contributed by atoms with E-state index in [0.29, 0.717) is 49.3 Å². The number of likely N-dealkylation sites (tertiary alicyclic amines) is 1. The van der Waals surface area contributed by atoms with E-state index in [2.05, 4.69) is 25.5 Å². The highest BCUT2D eigenvalue weighted by Crippen LogP contribution is 2.21. The standard InChI is InChI=1S/C18H26N6O4/c1-18(2,3)28-17(25)24-7-5-12(6-8-24)27-16-11-19-10-14(21-16)20-13-9-15(26-4)23-22-13/h9-12H,5-8H2,1-4H3,(H2,20,21,22,23). The number of ether oxygens (including phenoxy) is 3. The van der Waals surface area contributed by atoms with Gasteiger partial charge in [-0.2, -0.15) is 4.98 Å². The summed E-state index contributed by atoms with van der Waals surface area (Å²) < 4.78 is 16.4. The first-order chi connectivity index (χ1) is 13.3. The molecule has 3 rings (SSSR count). The molecule has 0 radical (unpaired) electrons. The van der Waals surface area contributed by atoms with Gasteiger partial charge < -0.3 is 24.4 Å². The summed E-state index contributed by atoms with van der Waals surface area (Å²) in [5.74, 6) is 2.05. The molecule has 0 bridgehead atoms. The number of nitrogens with zero attached hydrogens (tertiary/aromatic N) is 4. The molecule has 10 nitrogen and oxygen atoms in total. The van der Waals surface area contributed by atoms with Gasteiger partial charge in [-0.3, -0.25) is 10.1 Å². The van der Waals surface area contributed by atoms with E-state index in [9.17, 15) is 4.79 Å². The Morgan fingerprint density at radius 2 is 2.00 bits per heavy atom. The Bertz CT molecular complexity index is 795. The molecule has 152 valence electrons. The minimum atomic E-state index is -0.494. The molecule has 2 aromatic heterocycles. The lowest BCUT2D eigenvalue weighted by Gasteiger charge is -2.33. The number of nitrogens with one attached hydrogen (secondary N) is 2. The summed E-state index contributed by atoms with van der Waals surface area (Å²) in [6.45, 7) is 6.75. The molecule has 1 fully saturated rings. The van der Waals surface area contributed by atoms with E-state index < -0.39 is 5.60 Å². The van der Waals surface area contributed by atoms with Gasteiger partial charge in [-0.05, 0) is 20.8 Å². The highest BCUT2D eigenvalue weighted by molar-refractivity contribution is 5.68. The summed E-state index contributed by atoms with van der Waals surface area (Å²) >= 11 is 0. The highest BCUT2D eigenvalue weighted by atomic mass is 16.6. The van der Waals surface area contributed by atoms with Crippen LogP contribution in [0.15, 0.2) is 18.5 Å². The summed E-state index contributed by atoms with van der Waals surface area (Å²) in [5.41, 5.74) is -0.494. The second-order valence-electron chi connectivity index (χ2n) is 7.48. The molecular weight excluding hydrogens is 364 g/mol. The topological polar surface area (TPSA) is 114 Å². The van der Waals surface area contributed by atoms with Crippen LogP contribution in [0.4, 0.5) is 16.4 Å². The maximum absolute atomic E-state index is 12.1. The molecule has 2 N–H and O–H groups in total. The third kappa shape index (κ3) is 5.48. The van der Waals surface area contributed by atoms with Crippen LogP contribution in [0.25, 0.3) is 0 Å². The first-order valence-corrected chi connectivity index (χ1v) is 9.15. The monoisotopic (exact) mass is 390 g/mol. The molecule has 1 amide bonds. The maximum atomic E-state index is 12.1. The summed E-state index contributed by atoms with van der Waals surface area (Å²) in [6, 6.07) is 1.71. The van der Waals surface area contributed by atoms with Crippen LogP contribution >= 0.6 is 0 Å². The fourth-order valence-electron chi connectivity index (χ4n) is 2.73. The van der Waals surface area contributed by atoms with Crippen molar-refractivity contribution in [2.24, 2.45) is 0 Å². The molecule has 0 saturated carbocycles. The van der Waals surface area contributed by atoms with Gasteiger partial charge in [0.1, 0.15) is 17.5 Å². The summed E-state index contributed by atoms with van der Waals surface area (Å²) in [4.78, 5) is 22.4. The third-order valence-corrected chi connectivity index (χ3v) is 4.02. The average Bonchev–Trinajstić information content (AvgIpc) is 3.09. The van der Waals surface area contributed by atoms with Gasteiger partial charge in [0.2, 0.25) is 11.8 Å². The van der Waals surface area contributed by atoms with E-state index in [1.807, 2.05) is 20.8 Å². The maximum Gasteiger partial charge on any atom is 0.410 e. The minimum absolute atomic E-state index is 0.0320. The van der Waals surface area contributed by atoms with E-state index in [4.69, 9.17) is 14.2 Å². The van der Waals surface area contributed by atoms with Crippen molar-refractivity contribution in [3.8, 4) is 11.8 Å². The number of hydrogen-bond donors (Lipinski definition) is 2. The van der Waals surface area contributed by atoms with Crippen molar-refractivity contribution >= 4 is 17.7 Å². The number of hydrogen-bond acceptors (Lipinski definition) is 8. The first-order valence-electron chi connectivity index (χ1n) is 9.15. The number of methoxy groups -OCH3 is 1. The van der Waals surface area contributed by atoms with E-state index in [0.717, 1.165) is 0 Å². The Hall–Kier alpha value is -3.04. The van der Waals surface area contributed by atoms with Crippen molar-refractivity contribution < 1.29 is 19.0 Å². The molecule has 0 spiro atoms. The minimum Gasteiger partial charge on any atom is -0.480 e. The number of aromatic amines is 1. The number of carbonyl (C=O) groups excluding carboxylic acids is 1. The van der Waals surface area contributed by atoms with Crippen LogP contribution in [-0.2, 0) is 4.74 Å². The second-order valence-corrected chi connectivity index (χ2v) is 7.48. The van der Waals surface area contributed by atoms with Crippen LogP contribution in [0.1, 0.15) is 33.6 Å². The molecule has 0 unspecified atom stereocenters. The van der Waals surface area contributed by atoms with Crippen molar-refractivity contribution in [3.63, 3.8) is 0 Å². The van der Waals surface area contributed by atoms with Gasteiger partial charge in [0, 0.05) is 32.0 Å². The van der Waals surface area contributed by atoms with Crippen LogP contribution in [0.5, 0.6) is 11.8 Å². The molecule has 0 aliphatic carbocycles. The fourth-order valence-corrected chi connectivity index (χ4v) is 2.73. The fraction of sp³-hybridized carbons (Fsp3) is 0.556. The van der Waals surface area contributed by atoms with E-state index >= 15 is 0 Å². The van der Waals surface area contributed by atoms with Gasteiger partial charge in [0.25, 0.3) is 0 Å². The summed E-state index contributed by atoms with van der Waals surface area (Å²) in [6.07, 6.45) is 4.25. The van der Waals surface area contributed by atoms with Crippen molar-refractivity contribution in [2.45, 2.75) is 45.3 Å². The second kappa shape index (κ2) is 8.32. The van der Waals surface area contributed by atoms with Gasteiger partial charge in [0.05, 0.1) is 19.5 Å². The Balaban J connectivity index is 1.52. The van der Waals surface area contributed by atoms with Crippen molar-refractivity contribution in [3.05, 3.63) is 18.5 Å². The molecule has 1 saturated heterocycles. The van der Waals surface area contributed by atoms with E-state index in [1.54, 1.807) is 30.5 Å². The van der Waals surface area contributed by atoms with Gasteiger partial charge in [-0.25, -0.2) is 4.79 Å². The van der Waals surface area contributed by atoms with Crippen molar-refractivity contribution in [1.82, 2.24) is 25.1 Å². The largest absolute Gasteiger partial charge is 0.480 e. The molecule has 1 aliphatic rings. The zero-order valence-corrected chi connectivity index (χ0v) is 16.6. The highest BCUT2D eigenvalue weighted by Gasteiger charge is 2.27. The predicted molar refractivity (Wildman–Crippen MR) is 102 cm³/mol. The Labute approximate surface area is 163 Å². The lowest BCUT2D eigenvalue weighted by molar-refractivity contribution is 0.0123. The Morgan fingerprint density at radius 3 is 2.64 bits per heavy atom. The molecule has 0 atom stereocenters. The SMILES string of the molecule is COc1cc(Nc2cncc(OC3CCN(C(=O)OC(C)(C)C)CC3)n2)[nH]n1. The smallest absolute Gasteiger partial charge is 0.410 e. The number of piperidine rings is 1. The lowest BCUT2D eigenvalue weighted by atomic mass is 10.1. The van der Waals surface area contributed by atoms with Crippen LogP contribution in [0.2, 0.25) is 0 Å². The number of carbonyl (C=O) groups is 1. The number of H-pyrrole nitrogens is 1. The predicted octanol–water partition coefficient (Wildman–Crippen LogP) is 2.73. The molecule has 28 heavy (non-hydrogen) atoms. The van der Waals surface area contributed by atoms with Crippen LogP contribution in [-0.4, -0.2) is 63.1 Å². The summed E-state index contributed by atoms with van der Waals surface area (Å²) in [7, 11) is 1.54. The molecule has 0 aromatic carbocycles. The van der Waals surface area contributed by atoms with Gasteiger partial charge in [0.15, 0.2) is 5.82 Å². The molecule has 3 heterocycles. The normalized spacial score (nSPS) is 15.2. The summed E-state index contributed by atoms with van der Waals surface area (Å²) in [5, 5.41) is 9.81. The first kappa shape index (κ1) is 19.7. The van der Waals surface area contributed by atoms with Crippen LogP contribution in [0.3, 0.4) is 0 Å². The Kier molecular flexibility index (Phi) is 5.86. The van der Waals surface area contributed by atoms with Gasteiger partial charge in [-0.1, -0.05) is 0 Å². The van der Waals surface area contributed by atoms with Crippen LogP contribution in [0, 0.1) is 0 Å². The zero-order chi connectivity index (χ0) is 20.1. The number of amides is 1. The zero-order valence-electron chi connectivity index (χ0n) is 16.6. The Morgan fingerprint density at radius 1 is 1.25 bits per heavy atom. The molecule has 1 aliphatic heterocycles. The lowest BCUT2D eigenvalue weighted by Crippen LogP contribution is -2.44. The van der Waals surface area contributed by atoms with Crippen molar-refractivity contribution in [1.29, 1.82) is 0 Å². The quantitative estimate of drug-likeness (QED) is 0.801. The van der Waals surface area contributed by atoms with E-state index in [-0.39, 0.29) is 12.2 Å². The molecular formula is C18H26N6O4. The third-order valence-electron chi connectivity index (χ3n) is 4.02. The number of rotatable bonds is 5. The number of aromatic nitrogens is 4. The number of anilines is 2. The van der Waals surface area contributed by atoms with Crippen LogP contribution < -0.4 is 14.8 Å².